The Balaban J connectivity index is 1.90. The van der Waals surface area contributed by atoms with Crippen LogP contribution in [0.15, 0.2) is 6.33 Å². The third kappa shape index (κ3) is 1.16. The van der Waals surface area contributed by atoms with Crippen LogP contribution in [0.1, 0.15) is 49.9 Å². The molecule has 1 aromatic heterocycles. The molecule has 4 heteroatoms. The van der Waals surface area contributed by atoms with Crippen LogP contribution in [-0.2, 0) is 16.8 Å². The average Bonchev–Trinajstić information content (AvgIpc) is 2.87. The topological polar surface area (TPSA) is 49.0 Å². The highest BCUT2D eigenvalue weighted by atomic mass is 16.2. The molecular weight excluding hydrogens is 226 g/mol. The lowest BCUT2D eigenvalue weighted by Gasteiger charge is -2.55. The molecule has 1 aromatic rings. The van der Waals surface area contributed by atoms with Gasteiger partial charge in [-0.05, 0) is 25.2 Å². The van der Waals surface area contributed by atoms with Crippen molar-refractivity contribution in [2.24, 2.45) is 5.92 Å². The fourth-order valence-corrected chi connectivity index (χ4v) is 4.49. The predicted octanol–water partition coefficient (Wildman–Crippen LogP) is 1.97. The zero-order chi connectivity index (χ0) is 12.2. The summed E-state index contributed by atoms with van der Waals surface area (Å²) in [5, 5.41) is 0. The Bertz CT molecular complexity index is 495. The highest BCUT2D eigenvalue weighted by Gasteiger charge is 2.54. The predicted molar refractivity (Wildman–Crippen MR) is 66.9 cm³/mol. The molecule has 1 amide bonds. The number of hydrogen-bond acceptors (Lipinski definition) is 2. The lowest BCUT2D eigenvalue weighted by molar-refractivity contribution is -0.152. The second kappa shape index (κ2) is 3.59. The van der Waals surface area contributed by atoms with E-state index in [-0.39, 0.29) is 5.54 Å². The quantitative estimate of drug-likeness (QED) is 0.759. The van der Waals surface area contributed by atoms with Crippen molar-refractivity contribution in [3.05, 3.63) is 17.7 Å². The SMILES string of the molecule is O=C1CC[C@H]2CCCC[C@@]23c2nc[nH]c2CCN13. The molecule has 0 unspecified atom stereocenters. The molecule has 1 saturated carbocycles. The fourth-order valence-electron chi connectivity index (χ4n) is 4.49. The number of rotatable bonds is 0. The van der Waals surface area contributed by atoms with Crippen LogP contribution in [0.2, 0.25) is 0 Å². The van der Waals surface area contributed by atoms with Gasteiger partial charge in [0.2, 0.25) is 5.91 Å². The van der Waals surface area contributed by atoms with Gasteiger partial charge in [0.15, 0.2) is 0 Å². The Morgan fingerprint density at radius 2 is 2.28 bits per heavy atom. The number of aromatic amines is 1. The maximum atomic E-state index is 12.3. The molecule has 2 fully saturated rings. The molecule has 1 spiro atoms. The van der Waals surface area contributed by atoms with E-state index in [1.54, 1.807) is 0 Å². The van der Waals surface area contributed by atoms with Crippen molar-refractivity contribution < 1.29 is 4.79 Å². The summed E-state index contributed by atoms with van der Waals surface area (Å²) in [7, 11) is 0. The molecular formula is C14H19N3O. The maximum absolute atomic E-state index is 12.3. The largest absolute Gasteiger partial charge is 0.348 e. The van der Waals surface area contributed by atoms with E-state index in [4.69, 9.17) is 0 Å². The summed E-state index contributed by atoms with van der Waals surface area (Å²) in [4.78, 5) is 22.4. The summed E-state index contributed by atoms with van der Waals surface area (Å²) in [6, 6.07) is 0. The number of carbonyl (C=O) groups is 1. The van der Waals surface area contributed by atoms with E-state index in [0.717, 1.165) is 32.2 Å². The number of amides is 1. The first-order valence-electron chi connectivity index (χ1n) is 7.15. The maximum Gasteiger partial charge on any atom is 0.223 e. The second-order valence-electron chi connectivity index (χ2n) is 5.93. The van der Waals surface area contributed by atoms with Crippen LogP contribution < -0.4 is 0 Å². The van der Waals surface area contributed by atoms with E-state index in [0.29, 0.717) is 11.8 Å². The molecule has 3 aliphatic rings. The van der Waals surface area contributed by atoms with Crippen LogP contribution in [0.25, 0.3) is 0 Å². The van der Waals surface area contributed by atoms with Gasteiger partial charge in [0.1, 0.15) is 0 Å². The Hall–Kier alpha value is -1.32. The van der Waals surface area contributed by atoms with Gasteiger partial charge in [0.05, 0.1) is 17.6 Å². The number of carbonyl (C=O) groups excluding carboxylic acids is 1. The van der Waals surface area contributed by atoms with Crippen molar-refractivity contribution in [3.63, 3.8) is 0 Å². The number of fused-ring (bicyclic) bond motifs is 1. The first kappa shape index (κ1) is 10.6. The molecule has 1 saturated heterocycles. The van der Waals surface area contributed by atoms with Gasteiger partial charge in [-0.1, -0.05) is 12.8 Å². The first-order chi connectivity index (χ1) is 8.82. The summed E-state index contributed by atoms with van der Waals surface area (Å²) in [6.45, 7) is 0.879. The number of nitrogens with zero attached hydrogens (tertiary/aromatic N) is 2. The minimum absolute atomic E-state index is 0.0544. The third-order valence-electron chi connectivity index (χ3n) is 5.24. The van der Waals surface area contributed by atoms with Crippen molar-refractivity contribution in [3.8, 4) is 0 Å². The van der Waals surface area contributed by atoms with Crippen LogP contribution >= 0.6 is 0 Å². The minimum Gasteiger partial charge on any atom is -0.348 e. The van der Waals surface area contributed by atoms with Gasteiger partial charge in [-0.15, -0.1) is 0 Å². The van der Waals surface area contributed by atoms with Crippen molar-refractivity contribution in [2.45, 2.75) is 50.5 Å². The zero-order valence-electron chi connectivity index (χ0n) is 10.6. The van der Waals surface area contributed by atoms with E-state index < -0.39 is 0 Å². The third-order valence-corrected chi connectivity index (χ3v) is 5.24. The molecule has 4 rings (SSSR count). The van der Waals surface area contributed by atoms with E-state index in [9.17, 15) is 4.79 Å². The van der Waals surface area contributed by atoms with Crippen LogP contribution in [0.3, 0.4) is 0 Å². The minimum atomic E-state index is -0.0544. The molecule has 18 heavy (non-hydrogen) atoms. The number of H-pyrrole nitrogens is 1. The molecule has 0 radical (unpaired) electrons. The van der Waals surface area contributed by atoms with Crippen LogP contribution in [0, 0.1) is 5.92 Å². The molecule has 1 N–H and O–H groups in total. The summed E-state index contributed by atoms with van der Waals surface area (Å²) in [5.41, 5.74) is 2.40. The molecule has 1 aliphatic carbocycles. The van der Waals surface area contributed by atoms with Gasteiger partial charge in [-0.3, -0.25) is 4.79 Å². The fraction of sp³-hybridized carbons (Fsp3) is 0.714. The second-order valence-corrected chi connectivity index (χ2v) is 5.93. The Morgan fingerprint density at radius 3 is 3.22 bits per heavy atom. The molecule has 3 heterocycles. The van der Waals surface area contributed by atoms with Crippen molar-refractivity contribution >= 4 is 5.91 Å². The Labute approximate surface area is 107 Å². The van der Waals surface area contributed by atoms with Crippen LogP contribution in [0.4, 0.5) is 0 Å². The smallest absolute Gasteiger partial charge is 0.223 e. The summed E-state index contributed by atoms with van der Waals surface area (Å²) < 4.78 is 0. The molecule has 0 aromatic carbocycles. The van der Waals surface area contributed by atoms with Crippen molar-refractivity contribution in [1.82, 2.24) is 14.9 Å². The number of imidazole rings is 1. The van der Waals surface area contributed by atoms with Gasteiger partial charge in [-0.2, -0.15) is 0 Å². The first-order valence-corrected chi connectivity index (χ1v) is 7.15. The van der Waals surface area contributed by atoms with E-state index >= 15 is 0 Å². The normalized spacial score (nSPS) is 34.8. The van der Waals surface area contributed by atoms with Gasteiger partial charge in [0, 0.05) is 25.1 Å². The van der Waals surface area contributed by atoms with Gasteiger partial charge >= 0.3 is 0 Å². The molecule has 2 aliphatic heterocycles. The van der Waals surface area contributed by atoms with Crippen molar-refractivity contribution in [2.75, 3.05) is 6.54 Å². The summed E-state index contributed by atoms with van der Waals surface area (Å²) >= 11 is 0. The van der Waals surface area contributed by atoms with Gasteiger partial charge in [-0.25, -0.2) is 4.98 Å². The highest BCUT2D eigenvalue weighted by Crippen LogP contribution is 2.52. The number of nitrogens with one attached hydrogen (secondary N) is 1. The molecule has 2 atom stereocenters. The zero-order valence-corrected chi connectivity index (χ0v) is 10.6. The van der Waals surface area contributed by atoms with E-state index in [1.807, 2.05) is 6.33 Å². The van der Waals surface area contributed by atoms with Crippen LogP contribution in [-0.4, -0.2) is 27.3 Å². The van der Waals surface area contributed by atoms with Gasteiger partial charge < -0.3 is 9.88 Å². The number of aromatic nitrogens is 2. The lowest BCUT2D eigenvalue weighted by Crippen LogP contribution is -2.61. The van der Waals surface area contributed by atoms with Crippen LogP contribution in [0.5, 0.6) is 0 Å². The summed E-state index contributed by atoms with van der Waals surface area (Å²) in [6.07, 6.45) is 9.47. The standard InChI is InChI=1S/C14H19N3O/c18-12-5-4-10-3-1-2-7-14(10)13-11(15-9-16-13)6-8-17(12)14/h9-10H,1-8H2,(H,15,16)/t10-,14+/m1/s1. The average molecular weight is 245 g/mol. The monoisotopic (exact) mass is 245 g/mol. The Kier molecular flexibility index (Phi) is 2.11. The highest BCUT2D eigenvalue weighted by molar-refractivity contribution is 5.79. The molecule has 96 valence electrons. The molecule has 4 nitrogen and oxygen atoms in total. The molecule has 0 bridgehead atoms. The van der Waals surface area contributed by atoms with Gasteiger partial charge in [0.25, 0.3) is 0 Å². The number of piperidine rings is 1. The lowest BCUT2D eigenvalue weighted by atomic mass is 9.64. The Morgan fingerprint density at radius 1 is 1.33 bits per heavy atom. The van der Waals surface area contributed by atoms with E-state index in [2.05, 4.69) is 14.9 Å². The summed E-state index contributed by atoms with van der Waals surface area (Å²) in [5.74, 6) is 0.980. The van der Waals surface area contributed by atoms with E-state index in [1.165, 1.54) is 30.7 Å². The van der Waals surface area contributed by atoms with Crippen molar-refractivity contribution in [1.29, 1.82) is 0 Å². The number of hydrogen-bond donors (Lipinski definition) is 1.